The van der Waals surface area contributed by atoms with Crippen LogP contribution in [-0.4, -0.2) is 81.7 Å². The van der Waals surface area contributed by atoms with Crippen LogP contribution in [0.25, 0.3) is 11.1 Å². The molecule has 6 rings (SSSR count). The Morgan fingerprint density at radius 3 is 2.18 bits per heavy atom. The Morgan fingerprint density at radius 2 is 1.51 bits per heavy atom. The summed E-state index contributed by atoms with van der Waals surface area (Å²) in [6.45, 7) is 13.3. The molecule has 5 aromatic rings. The number of hydrogen-bond acceptors (Lipinski definition) is 8. The van der Waals surface area contributed by atoms with Gasteiger partial charge in [-0.25, -0.2) is 13.1 Å². The molecule has 8 nitrogen and oxygen atoms in total. The van der Waals surface area contributed by atoms with Crippen LogP contribution in [0.15, 0.2) is 131 Å². The molecule has 0 aromatic heterocycles. The number of amides is 1. The second kappa shape index (κ2) is 19.0. The van der Waals surface area contributed by atoms with Crippen molar-refractivity contribution in [2.75, 3.05) is 61.8 Å². The summed E-state index contributed by atoms with van der Waals surface area (Å²) < 4.78 is 29.1. The fourth-order valence-corrected chi connectivity index (χ4v) is 8.99. The Labute approximate surface area is 335 Å². The van der Waals surface area contributed by atoms with Gasteiger partial charge in [-0.15, -0.1) is 11.8 Å². The predicted molar refractivity (Wildman–Crippen MR) is 229 cm³/mol. The molecule has 0 spiro atoms. The number of likely N-dealkylation sites (N-methyl/N-ethyl adjacent to an activating group) is 1. The molecular weight excluding hydrogens is 746 g/mol. The normalized spacial score (nSPS) is 14.2. The van der Waals surface area contributed by atoms with E-state index in [1.54, 1.807) is 42.1 Å². The Balaban J connectivity index is 1.03. The highest BCUT2D eigenvalue weighted by atomic mass is 35.5. The summed E-state index contributed by atoms with van der Waals surface area (Å²) in [6.07, 6.45) is 0. The molecule has 55 heavy (non-hydrogen) atoms. The molecule has 0 bridgehead atoms. The molecule has 1 saturated heterocycles. The van der Waals surface area contributed by atoms with E-state index >= 15 is 0 Å². The number of hydrogen-bond donors (Lipinski definition) is 2. The van der Waals surface area contributed by atoms with Crippen molar-refractivity contribution < 1.29 is 13.2 Å². The number of nitrogens with one attached hydrogen (secondary N) is 2. The van der Waals surface area contributed by atoms with E-state index in [0.717, 1.165) is 85.6 Å². The van der Waals surface area contributed by atoms with Crippen molar-refractivity contribution in [3.8, 4) is 11.1 Å². The van der Waals surface area contributed by atoms with Gasteiger partial charge in [0.15, 0.2) is 0 Å². The zero-order valence-electron chi connectivity index (χ0n) is 31.7. The molecule has 2 N–H and O–H groups in total. The van der Waals surface area contributed by atoms with E-state index in [0.29, 0.717) is 0 Å². The number of benzene rings is 5. The summed E-state index contributed by atoms with van der Waals surface area (Å²) in [5, 5.41) is 4.39. The largest absolute Gasteiger partial charge is 0.380 e. The lowest BCUT2D eigenvalue weighted by atomic mass is 9.99. The van der Waals surface area contributed by atoms with E-state index < -0.39 is 15.9 Å². The Morgan fingerprint density at radius 1 is 0.836 bits per heavy atom. The van der Waals surface area contributed by atoms with Gasteiger partial charge in [-0.1, -0.05) is 80.0 Å². The molecule has 0 saturated carbocycles. The summed E-state index contributed by atoms with van der Waals surface area (Å²) >= 11 is 7.93. The smallest absolute Gasteiger partial charge is 0.264 e. The van der Waals surface area contributed by atoms with Gasteiger partial charge in [0.25, 0.3) is 15.9 Å². The van der Waals surface area contributed by atoms with E-state index in [-0.39, 0.29) is 16.5 Å². The van der Waals surface area contributed by atoms with Gasteiger partial charge >= 0.3 is 0 Å². The summed E-state index contributed by atoms with van der Waals surface area (Å²) in [4.78, 5) is 21.6. The predicted octanol–water partition coefficient (Wildman–Crippen LogP) is 8.67. The van der Waals surface area contributed by atoms with E-state index in [1.165, 1.54) is 16.0 Å². The lowest BCUT2D eigenvalue weighted by Crippen LogP contribution is -2.46. The molecule has 1 amide bonds. The number of thioether (sulfide) groups is 1. The van der Waals surface area contributed by atoms with Crippen molar-refractivity contribution in [3.63, 3.8) is 0 Å². The summed E-state index contributed by atoms with van der Waals surface area (Å²) in [5.41, 5.74) is 6.59. The van der Waals surface area contributed by atoms with Gasteiger partial charge in [0.1, 0.15) is 0 Å². The van der Waals surface area contributed by atoms with Crippen LogP contribution >= 0.6 is 23.4 Å². The average molecular weight is 797 g/mol. The number of piperazine rings is 1. The molecule has 1 aliphatic rings. The second-order valence-electron chi connectivity index (χ2n) is 13.8. The minimum absolute atomic E-state index is 0.0492. The topological polar surface area (TPSA) is 85.0 Å². The van der Waals surface area contributed by atoms with Crippen LogP contribution in [0.2, 0.25) is 5.02 Å². The van der Waals surface area contributed by atoms with Gasteiger partial charge in [0.2, 0.25) is 0 Å². The molecule has 0 radical (unpaired) electrons. The number of nitrogens with zero attached hydrogens (tertiary/aromatic N) is 3. The lowest BCUT2D eigenvalue weighted by molar-refractivity contribution is 0.0981. The molecule has 1 atom stereocenters. The van der Waals surface area contributed by atoms with Crippen LogP contribution in [0.3, 0.4) is 0 Å². The van der Waals surface area contributed by atoms with E-state index in [9.17, 15) is 13.2 Å². The van der Waals surface area contributed by atoms with Gasteiger partial charge in [-0.3, -0.25) is 9.69 Å². The van der Waals surface area contributed by atoms with Crippen molar-refractivity contribution in [3.05, 3.63) is 143 Å². The van der Waals surface area contributed by atoms with Gasteiger partial charge in [0.05, 0.1) is 4.90 Å². The van der Waals surface area contributed by atoms with Crippen molar-refractivity contribution in [1.29, 1.82) is 0 Å². The van der Waals surface area contributed by atoms with Gasteiger partial charge in [-0.2, -0.15) is 0 Å². The fourth-order valence-electron chi connectivity index (χ4n) is 6.87. The van der Waals surface area contributed by atoms with Crippen LogP contribution in [0.4, 0.5) is 11.4 Å². The minimum Gasteiger partial charge on any atom is -0.380 e. The minimum atomic E-state index is -4.10. The standard InChI is InChI=1S/C44H50ClN5O3S2/c1-4-48(5-2)31-38(32-54-40-12-7-6-8-13-40)46-43-24-23-41(29-33(43)3)55(52,53)47-44(51)35-17-21-39(22-18-35)50-27-25-49(26-28-50)30-36-11-9-10-14-42(36)34-15-19-37(45)20-16-34/h6-24,29,38,46H,4-5,25-28,30-32H2,1-3H3,(H,47,51)/t38-/m1/s1. The third-order valence-corrected chi connectivity index (χ3v) is 12.9. The number of sulfonamides is 1. The number of carbonyl (C=O) groups is 1. The SMILES string of the molecule is CCN(CC)C[C@H](CSc1ccccc1)Nc1ccc(S(=O)(=O)NC(=O)c2ccc(N3CCN(Cc4ccccc4-c4ccc(Cl)cc4)CC3)cc2)cc1C. The first kappa shape index (κ1) is 40.3. The molecule has 288 valence electrons. The maximum Gasteiger partial charge on any atom is 0.264 e. The summed E-state index contributed by atoms with van der Waals surface area (Å²) in [7, 11) is -4.10. The fraction of sp³-hybridized carbons (Fsp3) is 0.295. The molecular formula is C44H50ClN5O3S2. The highest BCUT2D eigenvalue weighted by Gasteiger charge is 2.23. The molecule has 11 heteroatoms. The van der Waals surface area contributed by atoms with Crippen LogP contribution in [0, 0.1) is 6.92 Å². The first-order valence-corrected chi connectivity index (χ1v) is 21.7. The van der Waals surface area contributed by atoms with Gasteiger partial charge in [-0.05, 0) is 109 Å². The lowest BCUT2D eigenvalue weighted by Gasteiger charge is -2.36. The van der Waals surface area contributed by atoms with Crippen LogP contribution in [0.1, 0.15) is 35.3 Å². The van der Waals surface area contributed by atoms with E-state index in [2.05, 4.69) is 87.1 Å². The van der Waals surface area contributed by atoms with Crippen molar-refractivity contribution in [2.45, 2.75) is 43.1 Å². The second-order valence-corrected chi connectivity index (χ2v) is 17.0. The molecule has 0 unspecified atom stereocenters. The van der Waals surface area contributed by atoms with Crippen LogP contribution in [0.5, 0.6) is 0 Å². The number of halogens is 1. The maximum absolute atomic E-state index is 13.4. The Hall–Kier alpha value is -4.32. The summed E-state index contributed by atoms with van der Waals surface area (Å²) in [5.74, 6) is 0.194. The van der Waals surface area contributed by atoms with Gasteiger partial charge < -0.3 is 15.1 Å². The molecule has 1 aliphatic heterocycles. The highest BCUT2D eigenvalue weighted by molar-refractivity contribution is 7.99. The molecule has 0 aliphatic carbocycles. The maximum atomic E-state index is 13.4. The van der Waals surface area contributed by atoms with Crippen molar-refractivity contribution >= 4 is 50.7 Å². The number of carbonyl (C=O) groups excluding carboxylic acids is 1. The first-order valence-electron chi connectivity index (χ1n) is 18.9. The van der Waals surface area contributed by atoms with Crippen molar-refractivity contribution in [1.82, 2.24) is 14.5 Å². The zero-order valence-corrected chi connectivity index (χ0v) is 34.1. The van der Waals surface area contributed by atoms with Gasteiger partial charge in [0, 0.05) is 77.9 Å². The third-order valence-electron chi connectivity index (χ3n) is 10.1. The van der Waals surface area contributed by atoms with Crippen LogP contribution in [-0.2, 0) is 16.6 Å². The summed E-state index contributed by atoms with van der Waals surface area (Å²) in [6, 6.07) is 39.1. The Bertz CT molecular complexity index is 2120. The quantitative estimate of drug-likeness (QED) is 0.0961. The monoisotopic (exact) mass is 795 g/mol. The number of anilines is 2. The third kappa shape index (κ3) is 10.9. The Kier molecular flexibility index (Phi) is 14.0. The molecule has 5 aromatic carbocycles. The van der Waals surface area contributed by atoms with E-state index in [4.69, 9.17) is 11.6 Å². The first-order chi connectivity index (χ1) is 26.6. The average Bonchev–Trinajstić information content (AvgIpc) is 3.20. The zero-order chi connectivity index (χ0) is 38.8. The highest BCUT2D eigenvalue weighted by Crippen LogP contribution is 2.28. The molecule has 1 heterocycles. The number of aryl methyl sites for hydroxylation is 1. The molecule has 1 fully saturated rings. The van der Waals surface area contributed by atoms with Crippen molar-refractivity contribution in [2.24, 2.45) is 0 Å². The number of rotatable bonds is 16. The van der Waals surface area contributed by atoms with E-state index in [1.807, 2.05) is 49.4 Å². The van der Waals surface area contributed by atoms with Crippen LogP contribution < -0.4 is 14.9 Å².